The van der Waals surface area contributed by atoms with Crippen LogP contribution in [0.3, 0.4) is 0 Å². The predicted molar refractivity (Wildman–Crippen MR) is 130 cm³/mol. The Morgan fingerprint density at radius 2 is 1.62 bits per heavy atom. The monoisotopic (exact) mass is 519 g/mol. The molecule has 0 aliphatic carbocycles. The third kappa shape index (κ3) is 6.48. The Morgan fingerprint density at radius 1 is 0.853 bits per heavy atom. The number of nitrogens with one attached hydrogen (secondary N) is 2. The van der Waals surface area contributed by atoms with Crippen molar-refractivity contribution in [1.29, 1.82) is 0 Å². The normalized spacial score (nSPS) is 10.6. The molecule has 0 aliphatic rings. The lowest BCUT2D eigenvalue weighted by Crippen LogP contribution is -2.32. The van der Waals surface area contributed by atoms with Crippen molar-refractivity contribution in [3.8, 4) is 11.5 Å². The second kappa shape index (κ2) is 11.5. The molecule has 34 heavy (non-hydrogen) atoms. The molecule has 0 aromatic heterocycles. The molecule has 174 valence electrons. The smallest absolute Gasteiger partial charge is 0.345 e. The van der Waals surface area contributed by atoms with Crippen molar-refractivity contribution in [3.05, 3.63) is 86.9 Å². The van der Waals surface area contributed by atoms with Gasteiger partial charge in [0, 0.05) is 5.69 Å². The van der Waals surface area contributed by atoms with E-state index in [4.69, 9.17) is 44.3 Å². The highest BCUT2D eigenvalue weighted by molar-refractivity contribution is 6.43. The Bertz CT molecular complexity index is 1280. The van der Waals surface area contributed by atoms with Crippen molar-refractivity contribution in [3.63, 3.8) is 0 Å². The van der Waals surface area contributed by atoms with Gasteiger partial charge in [0.1, 0.15) is 0 Å². The molecule has 3 aromatic rings. The Labute approximate surface area is 209 Å². The summed E-state index contributed by atoms with van der Waals surface area (Å²) >= 11 is 17.7. The average molecular weight is 521 g/mol. The zero-order valence-corrected chi connectivity index (χ0v) is 19.7. The Kier molecular flexibility index (Phi) is 8.48. The maximum Gasteiger partial charge on any atom is 0.345 e. The molecule has 0 saturated heterocycles. The first-order valence-electron chi connectivity index (χ1n) is 9.52. The topological polar surface area (TPSA) is 106 Å². The summed E-state index contributed by atoms with van der Waals surface area (Å²) in [5, 5.41) is 6.92. The summed E-state index contributed by atoms with van der Waals surface area (Å²) < 4.78 is 10.6. The van der Waals surface area contributed by atoms with E-state index in [-0.39, 0.29) is 27.1 Å². The molecule has 0 spiro atoms. The highest BCUT2D eigenvalue weighted by atomic mass is 35.5. The second-order valence-corrected chi connectivity index (χ2v) is 7.78. The summed E-state index contributed by atoms with van der Waals surface area (Å²) in [4.78, 5) is 36.3. The van der Waals surface area contributed by atoms with Crippen LogP contribution in [-0.2, 0) is 9.59 Å². The molecule has 0 saturated carbocycles. The number of amides is 2. The number of esters is 1. The van der Waals surface area contributed by atoms with Crippen LogP contribution in [0.5, 0.6) is 11.5 Å². The summed E-state index contributed by atoms with van der Waals surface area (Å²) in [5.74, 6) is -2.19. The highest BCUT2D eigenvalue weighted by Gasteiger charge is 2.16. The number of carbonyl (C=O) groups excluding carboxylic acids is 3. The van der Waals surface area contributed by atoms with E-state index >= 15 is 0 Å². The van der Waals surface area contributed by atoms with Crippen LogP contribution < -0.4 is 20.2 Å². The number of benzene rings is 3. The fourth-order valence-corrected chi connectivity index (χ4v) is 3.12. The molecule has 0 heterocycles. The number of hydrogen-bond donors (Lipinski definition) is 2. The molecule has 0 fully saturated rings. The van der Waals surface area contributed by atoms with E-state index in [0.717, 1.165) is 0 Å². The number of nitrogens with zero attached hydrogens (tertiary/aromatic N) is 1. The first-order chi connectivity index (χ1) is 16.3. The Balaban J connectivity index is 1.61. The van der Waals surface area contributed by atoms with Gasteiger partial charge in [-0.2, -0.15) is 5.10 Å². The van der Waals surface area contributed by atoms with Gasteiger partial charge in [0.15, 0.2) is 11.5 Å². The quantitative estimate of drug-likeness (QED) is 0.157. The molecule has 0 unspecified atom stereocenters. The fraction of sp³-hybridized carbons (Fsp3) is 0.0435. The molecular formula is C23H16Cl3N3O5. The number of ether oxygens (including phenoxy) is 2. The van der Waals surface area contributed by atoms with E-state index < -0.39 is 17.8 Å². The molecule has 2 N–H and O–H groups in total. The Hall–Kier alpha value is -3.59. The van der Waals surface area contributed by atoms with Crippen molar-refractivity contribution >= 4 is 64.5 Å². The number of anilines is 1. The maximum atomic E-state index is 12.4. The van der Waals surface area contributed by atoms with Crippen LogP contribution in [0.15, 0.2) is 65.8 Å². The fourth-order valence-electron chi connectivity index (χ4n) is 2.61. The lowest BCUT2D eigenvalue weighted by Gasteiger charge is -2.10. The van der Waals surface area contributed by atoms with Crippen molar-refractivity contribution in [1.82, 2.24) is 5.43 Å². The molecule has 0 bridgehead atoms. The van der Waals surface area contributed by atoms with E-state index in [0.29, 0.717) is 16.3 Å². The molecule has 8 nitrogen and oxygen atoms in total. The number of carbonyl (C=O) groups is 3. The Morgan fingerprint density at radius 3 is 2.32 bits per heavy atom. The molecule has 0 atom stereocenters. The van der Waals surface area contributed by atoms with Gasteiger partial charge in [-0.25, -0.2) is 10.2 Å². The number of hydrogen-bond acceptors (Lipinski definition) is 6. The van der Waals surface area contributed by atoms with Gasteiger partial charge in [0.05, 0.1) is 34.0 Å². The van der Waals surface area contributed by atoms with Gasteiger partial charge in [-0.3, -0.25) is 9.59 Å². The SMILES string of the molecule is COc1cc(C=NNC(=O)C(=O)Nc2ccc(Cl)c(Cl)c2)ccc1OC(=O)c1ccccc1Cl. The lowest BCUT2D eigenvalue weighted by molar-refractivity contribution is -0.136. The van der Waals surface area contributed by atoms with E-state index in [1.165, 1.54) is 43.7 Å². The van der Waals surface area contributed by atoms with E-state index in [2.05, 4.69) is 15.8 Å². The minimum Gasteiger partial charge on any atom is -0.493 e. The van der Waals surface area contributed by atoms with Gasteiger partial charge >= 0.3 is 17.8 Å². The van der Waals surface area contributed by atoms with Crippen LogP contribution in [0.2, 0.25) is 15.1 Å². The van der Waals surface area contributed by atoms with Crippen molar-refractivity contribution in [2.75, 3.05) is 12.4 Å². The second-order valence-electron chi connectivity index (χ2n) is 6.56. The number of halogens is 3. The van der Waals surface area contributed by atoms with Gasteiger partial charge in [0.25, 0.3) is 0 Å². The average Bonchev–Trinajstić information content (AvgIpc) is 2.82. The van der Waals surface area contributed by atoms with Gasteiger partial charge in [0.2, 0.25) is 0 Å². The largest absolute Gasteiger partial charge is 0.493 e. The van der Waals surface area contributed by atoms with Crippen LogP contribution >= 0.6 is 34.8 Å². The molecule has 3 aromatic carbocycles. The van der Waals surface area contributed by atoms with Crippen molar-refractivity contribution in [2.45, 2.75) is 0 Å². The molecule has 3 rings (SSSR count). The highest BCUT2D eigenvalue weighted by Crippen LogP contribution is 2.29. The minimum atomic E-state index is -1.00. The summed E-state index contributed by atoms with van der Waals surface area (Å²) in [6.45, 7) is 0. The van der Waals surface area contributed by atoms with Crippen LogP contribution in [0.1, 0.15) is 15.9 Å². The molecule has 2 amide bonds. The van der Waals surface area contributed by atoms with Crippen LogP contribution in [0, 0.1) is 0 Å². The number of hydrazone groups is 1. The lowest BCUT2D eigenvalue weighted by atomic mass is 10.2. The number of methoxy groups -OCH3 is 1. The zero-order valence-electron chi connectivity index (χ0n) is 17.5. The van der Waals surface area contributed by atoms with Crippen LogP contribution in [0.4, 0.5) is 5.69 Å². The summed E-state index contributed by atoms with van der Waals surface area (Å²) in [7, 11) is 1.40. The van der Waals surface area contributed by atoms with Gasteiger partial charge < -0.3 is 14.8 Å². The standard InChI is InChI=1S/C23H16Cl3N3O5/c1-33-20-10-13(6-9-19(20)34-23(32)15-4-2-3-5-16(15)24)12-27-29-22(31)21(30)28-14-7-8-17(25)18(26)11-14/h2-12H,1H3,(H,28,30)(H,29,31). The molecular weight excluding hydrogens is 505 g/mol. The van der Waals surface area contributed by atoms with Crippen LogP contribution in [-0.4, -0.2) is 31.1 Å². The zero-order chi connectivity index (χ0) is 24.7. The maximum absolute atomic E-state index is 12.4. The third-order valence-corrected chi connectivity index (χ3v) is 5.32. The number of rotatable bonds is 6. The predicted octanol–water partition coefficient (Wildman–Crippen LogP) is 4.96. The summed E-state index contributed by atoms with van der Waals surface area (Å²) in [6, 6.07) is 15.5. The van der Waals surface area contributed by atoms with Gasteiger partial charge in [-0.15, -0.1) is 0 Å². The van der Waals surface area contributed by atoms with E-state index in [9.17, 15) is 14.4 Å². The van der Waals surface area contributed by atoms with E-state index in [1.807, 2.05) is 0 Å². The van der Waals surface area contributed by atoms with Crippen molar-refractivity contribution in [2.24, 2.45) is 5.10 Å². The first-order valence-corrected chi connectivity index (χ1v) is 10.7. The van der Waals surface area contributed by atoms with Gasteiger partial charge in [-0.1, -0.05) is 46.9 Å². The summed E-state index contributed by atoms with van der Waals surface area (Å²) in [6.07, 6.45) is 1.28. The first kappa shape index (κ1) is 25.0. The third-order valence-electron chi connectivity index (χ3n) is 4.25. The molecule has 11 heteroatoms. The van der Waals surface area contributed by atoms with Crippen LogP contribution in [0.25, 0.3) is 0 Å². The van der Waals surface area contributed by atoms with Gasteiger partial charge in [-0.05, 0) is 54.1 Å². The molecule has 0 aliphatic heterocycles. The molecule has 0 radical (unpaired) electrons. The van der Waals surface area contributed by atoms with Crippen molar-refractivity contribution < 1.29 is 23.9 Å². The minimum absolute atomic E-state index is 0.162. The summed E-state index contributed by atoms with van der Waals surface area (Å²) in [5.41, 5.74) is 3.11. The van der Waals surface area contributed by atoms with E-state index in [1.54, 1.807) is 30.3 Å².